The van der Waals surface area contributed by atoms with Crippen LogP contribution in [0.25, 0.3) is 0 Å². The van der Waals surface area contributed by atoms with Crippen molar-refractivity contribution in [3.63, 3.8) is 0 Å². The van der Waals surface area contributed by atoms with E-state index in [0.29, 0.717) is 6.42 Å². The molecule has 0 bridgehead atoms. The van der Waals surface area contributed by atoms with Crippen molar-refractivity contribution in [1.29, 1.82) is 0 Å². The standard InChI is InChI=1S/C18H21N3O.ClH/c1-14-4-6-15(7-5-14)11-18(22)21-10-9-20-13-17(21)16-3-2-8-19-12-16;/h2-8,12,17,20H,9-11,13H2,1H3;1H. The SMILES string of the molecule is Cc1ccc(CC(=O)N2CCNCC2c2cccnc2)cc1.Cl. The molecule has 1 saturated heterocycles. The van der Waals surface area contributed by atoms with Gasteiger partial charge in [0.2, 0.25) is 5.91 Å². The molecule has 1 aromatic heterocycles. The van der Waals surface area contributed by atoms with Crippen LogP contribution in [-0.4, -0.2) is 35.4 Å². The third kappa shape index (κ3) is 4.30. The number of amides is 1. The maximum atomic E-state index is 12.7. The Morgan fingerprint density at radius 1 is 1.30 bits per heavy atom. The molecular formula is C18H22ClN3O. The van der Waals surface area contributed by atoms with Gasteiger partial charge in [0.1, 0.15) is 0 Å². The first kappa shape index (κ1) is 17.4. The quantitative estimate of drug-likeness (QED) is 0.940. The zero-order valence-corrected chi connectivity index (χ0v) is 14.1. The number of aryl methyl sites for hydroxylation is 1. The highest BCUT2D eigenvalue weighted by Gasteiger charge is 2.27. The van der Waals surface area contributed by atoms with Crippen molar-refractivity contribution in [3.8, 4) is 0 Å². The van der Waals surface area contributed by atoms with E-state index >= 15 is 0 Å². The average molecular weight is 332 g/mol. The van der Waals surface area contributed by atoms with Crippen LogP contribution in [0.2, 0.25) is 0 Å². The number of halogens is 1. The Labute approximate surface area is 143 Å². The third-order valence-electron chi connectivity index (χ3n) is 4.11. The van der Waals surface area contributed by atoms with Crippen LogP contribution in [0, 0.1) is 6.92 Å². The highest BCUT2D eigenvalue weighted by Crippen LogP contribution is 2.22. The van der Waals surface area contributed by atoms with Crippen molar-refractivity contribution in [2.75, 3.05) is 19.6 Å². The number of carbonyl (C=O) groups excluding carboxylic acids is 1. The van der Waals surface area contributed by atoms with E-state index in [-0.39, 0.29) is 24.4 Å². The first-order valence-corrected chi connectivity index (χ1v) is 7.70. The third-order valence-corrected chi connectivity index (χ3v) is 4.11. The van der Waals surface area contributed by atoms with Gasteiger partial charge in [-0.3, -0.25) is 9.78 Å². The Morgan fingerprint density at radius 3 is 2.78 bits per heavy atom. The first-order valence-electron chi connectivity index (χ1n) is 7.70. The number of carbonyl (C=O) groups is 1. The highest BCUT2D eigenvalue weighted by atomic mass is 35.5. The topological polar surface area (TPSA) is 45.2 Å². The molecule has 23 heavy (non-hydrogen) atoms. The number of pyridine rings is 1. The van der Waals surface area contributed by atoms with Crippen LogP contribution in [-0.2, 0) is 11.2 Å². The number of piperazine rings is 1. The zero-order chi connectivity index (χ0) is 15.4. The molecule has 4 nitrogen and oxygen atoms in total. The monoisotopic (exact) mass is 331 g/mol. The summed E-state index contributed by atoms with van der Waals surface area (Å²) < 4.78 is 0. The smallest absolute Gasteiger partial charge is 0.227 e. The molecule has 1 atom stereocenters. The summed E-state index contributed by atoms with van der Waals surface area (Å²) in [4.78, 5) is 18.9. The Hall–Kier alpha value is -1.91. The molecule has 1 N–H and O–H groups in total. The lowest BCUT2D eigenvalue weighted by molar-refractivity contribution is -0.133. The fourth-order valence-corrected chi connectivity index (χ4v) is 2.86. The molecule has 122 valence electrons. The molecule has 1 aromatic carbocycles. The summed E-state index contributed by atoms with van der Waals surface area (Å²) in [7, 11) is 0. The van der Waals surface area contributed by atoms with E-state index < -0.39 is 0 Å². The predicted octanol–water partition coefficient (Wildman–Crippen LogP) is 2.53. The number of aromatic nitrogens is 1. The Balaban J connectivity index is 0.00000192. The molecule has 0 radical (unpaired) electrons. The molecule has 0 spiro atoms. The second kappa shape index (κ2) is 8.09. The minimum Gasteiger partial charge on any atom is -0.333 e. The number of rotatable bonds is 3. The number of benzene rings is 1. The van der Waals surface area contributed by atoms with E-state index in [2.05, 4.69) is 29.4 Å². The highest BCUT2D eigenvalue weighted by molar-refractivity contribution is 5.85. The van der Waals surface area contributed by atoms with Crippen molar-refractivity contribution < 1.29 is 4.79 Å². The zero-order valence-electron chi connectivity index (χ0n) is 13.2. The van der Waals surface area contributed by atoms with E-state index in [1.54, 1.807) is 6.20 Å². The van der Waals surface area contributed by atoms with Crippen molar-refractivity contribution in [2.45, 2.75) is 19.4 Å². The summed E-state index contributed by atoms with van der Waals surface area (Å²) in [6.45, 7) is 4.42. The Bertz CT molecular complexity index is 630. The van der Waals surface area contributed by atoms with Gasteiger partial charge >= 0.3 is 0 Å². The summed E-state index contributed by atoms with van der Waals surface area (Å²) in [5.74, 6) is 0.180. The van der Waals surface area contributed by atoms with E-state index in [0.717, 1.165) is 30.8 Å². The summed E-state index contributed by atoms with van der Waals surface area (Å²) in [5, 5.41) is 3.37. The summed E-state index contributed by atoms with van der Waals surface area (Å²) in [5.41, 5.74) is 3.37. The van der Waals surface area contributed by atoms with Crippen LogP contribution in [0.3, 0.4) is 0 Å². The van der Waals surface area contributed by atoms with E-state index in [4.69, 9.17) is 0 Å². The number of nitrogens with one attached hydrogen (secondary N) is 1. The molecular weight excluding hydrogens is 310 g/mol. The van der Waals surface area contributed by atoms with Crippen LogP contribution < -0.4 is 5.32 Å². The van der Waals surface area contributed by atoms with Crippen molar-refractivity contribution in [3.05, 3.63) is 65.5 Å². The molecule has 2 heterocycles. The summed E-state index contributed by atoms with van der Waals surface area (Å²) >= 11 is 0. The first-order chi connectivity index (χ1) is 10.7. The lowest BCUT2D eigenvalue weighted by Gasteiger charge is -2.36. The Morgan fingerprint density at radius 2 is 2.09 bits per heavy atom. The van der Waals surface area contributed by atoms with Gasteiger partial charge in [-0.25, -0.2) is 0 Å². The molecule has 0 aliphatic carbocycles. The Kier molecular flexibility index (Phi) is 6.13. The molecule has 2 aromatic rings. The molecule has 3 rings (SSSR count). The van der Waals surface area contributed by atoms with Gasteiger partial charge in [0, 0.05) is 32.0 Å². The second-order valence-corrected chi connectivity index (χ2v) is 5.76. The summed E-state index contributed by atoms with van der Waals surface area (Å²) in [6.07, 6.45) is 4.07. The van der Waals surface area contributed by atoms with Crippen molar-refractivity contribution in [1.82, 2.24) is 15.2 Å². The lowest BCUT2D eigenvalue weighted by Crippen LogP contribution is -2.49. The van der Waals surface area contributed by atoms with Gasteiger partial charge in [-0.2, -0.15) is 0 Å². The molecule has 5 heteroatoms. The van der Waals surface area contributed by atoms with Crippen LogP contribution >= 0.6 is 12.4 Å². The van der Waals surface area contributed by atoms with Crippen LogP contribution in [0.1, 0.15) is 22.7 Å². The van der Waals surface area contributed by atoms with Crippen LogP contribution in [0.4, 0.5) is 0 Å². The molecule has 1 amide bonds. The molecule has 1 fully saturated rings. The second-order valence-electron chi connectivity index (χ2n) is 5.76. The molecule has 0 saturated carbocycles. The fourth-order valence-electron chi connectivity index (χ4n) is 2.86. The van der Waals surface area contributed by atoms with Gasteiger partial charge in [0.25, 0.3) is 0 Å². The average Bonchev–Trinajstić information content (AvgIpc) is 2.58. The van der Waals surface area contributed by atoms with E-state index in [1.165, 1.54) is 5.56 Å². The fraction of sp³-hybridized carbons (Fsp3) is 0.333. The molecule has 1 aliphatic heterocycles. The van der Waals surface area contributed by atoms with E-state index in [1.807, 2.05) is 35.4 Å². The number of hydrogen-bond donors (Lipinski definition) is 1. The maximum Gasteiger partial charge on any atom is 0.227 e. The lowest BCUT2D eigenvalue weighted by atomic mass is 10.0. The van der Waals surface area contributed by atoms with Gasteiger partial charge in [-0.1, -0.05) is 35.9 Å². The largest absolute Gasteiger partial charge is 0.333 e. The predicted molar refractivity (Wildman–Crippen MR) is 93.7 cm³/mol. The van der Waals surface area contributed by atoms with Gasteiger partial charge in [0.15, 0.2) is 0 Å². The molecule has 1 aliphatic rings. The van der Waals surface area contributed by atoms with Crippen molar-refractivity contribution in [2.24, 2.45) is 0 Å². The number of nitrogens with zero attached hydrogens (tertiary/aromatic N) is 2. The van der Waals surface area contributed by atoms with Crippen LogP contribution in [0.15, 0.2) is 48.8 Å². The number of hydrogen-bond acceptors (Lipinski definition) is 3. The van der Waals surface area contributed by atoms with Gasteiger partial charge < -0.3 is 10.2 Å². The van der Waals surface area contributed by atoms with E-state index in [9.17, 15) is 4.79 Å². The minimum absolute atomic E-state index is 0. The maximum absolute atomic E-state index is 12.7. The minimum atomic E-state index is 0. The van der Waals surface area contributed by atoms with Gasteiger partial charge in [-0.05, 0) is 24.1 Å². The van der Waals surface area contributed by atoms with Crippen LogP contribution in [0.5, 0.6) is 0 Å². The van der Waals surface area contributed by atoms with Gasteiger partial charge in [-0.15, -0.1) is 12.4 Å². The normalized spacial score (nSPS) is 17.4. The van der Waals surface area contributed by atoms with Crippen molar-refractivity contribution >= 4 is 18.3 Å². The molecule has 1 unspecified atom stereocenters. The summed E-state index contributed by atoms with van der Waals surface area (Å²) in [6, 6.07) is 12.2. The van der Waals surface area contributed by atoms with Gasteiger partial charge in [0.05, 0.1) is 12.5 Å².